The fourth-order valence-electron chi connectivity index (χ4n) is 0. The highest BCUT2D eigenvalue weighted by Crippen LogP contribution is 1.35. The maximum absolute atomic E-state index is 8.83. The Balaban J connectivity index is 1.97. The van der Waals surface area contributed by atoms with Gasteiger partial charge < -0.3 is 10.0 Å². The minimum Gasteiger partial charge on any atom is -0.765 e. The Morgan fingerprint density at radius 1 is 2.00 bits per heavy atom. The summed E-state index contributed by atoms with van der Waals surface area (Å²) in [6.45, 7) is 0. The van der Waals surface area contributed by atoms with Crippen molar-refractivity contribution in [2.45, 2.75) is 0 Å². The fourth-order valence-corrected chi connectivity index (χ4v) is 0. The van der Waals surface area contributed by atoms with Crippen LogP contribution in [0, 0.1) is 5.21 Å². The van der Waals surface area contributed by atoms with Gasteiger partial charge in [-0.1, -0.05) is 0 Å². The van der Waals surface area contributed by atoms with Crippen LogP contribution in [0.3, 0.4) is 0 Å². The van der Waals surface area contributed by atoms with Crippen molar-refractivity contribution in [1.82, 2.24) is 5.64 Å². The molecule has 0 saturated heterocycles. The van der Waals surface area contributed by atoms with Gasteiger partial charge in [0.15, 0.2) is 0 Å². The lowest BCUT2D eigenvalue weighted by molar-refractivity contribution is 0.129. The van der Waals surface area contributed by atoms with Gasteiger partial charge in [-0.05, 0) is 0 Å². The van der Waals surface area contributed by atoms with Crippen molar-refractivity contribution in [2.24, 2.45) is 0 Å². The molecule has 0 atom stereocenters. The maximum atomic E-state index is 8.83. The molecule has 0 radical (unpaired) electrons. The van der Waals surface area contributed by atoms with E-state index in [-0.39, 0.29) is 0 Å². The number of hydrogen-bond acceptors (Lipinski definition) is 3. The summed E-state index contributed by atoms with van der Waals surface area (Å²) in [6.07, 6.45) is 0. The van der Waals surface area contributed by atoms with Crippen LogP contribution < -0.4 is 5.64 Å². The molecular weight excluding hydrogens is 58.0 g/mol. The van der Waals surface area contributed by atoms with Crippen molar-refractivity contribution in [3.8, 4) is 0 Å². The normalized spacial score (nSPS) is 7.50. The summed E-state index contributed by atoms with van der Waals surface area (Å²) in [5.74, 6) is 0. The Morgan fingerprint density at radius 3 is 2.25 bits per heavy atom. The lowest BCUT2D eigenvalue weighted by Gasteiger charge is -1.97. The third kappa shape index (κ3) is 1.88. The van der Waals surface area contributed by atoms with E-state index in [1.54, 1.807) is 0 Å². The van der Waals surface area contributed by atoms with Crippen LogP contribution in [0.25, 0.3) is 0 Å². The minimum atomic E-state index is 1.18. The monoisotopic (exact) mass is 62.0 g/mol. The SMILES string of the molecule is CON[O-]. The van der Waals surface area contributed by atoms with Crippen LogP contribution in [0.5, 0.6) is 0 Å². The molecule has 0 saturated carbocycles. The van der Waals surface area contributed by atoms with Gasteiger partial charge in [0.05, 0.1) is 7.11 Å². The second-order valence-electron chi connectivity index (χ2n) is 0.287. The summed E-state index contributed by atoms with van der Waals surface area (Å²) < 4.78 is 0. The fraction of sp³-hybridized carbons (Fsp3) is 1.00. The molecule has 0 rings (SSSR count). The molecule has 3 nitrogen and oxygen atoms in total. The zero-order valence-electron chi connectivity index (χ0n) is 2.32. The molecular formula is CH4NO2-. The molecule has 0 spiro atoms. The van der Waals surface area contributed by atoms with Gasteiger partial charge in [0.25, 0.3) is 0 Å². The smallest absolute Gasteiger partial charge is 0.0560 e. The summed E-state index contributed by atoms with van der Waals surface area (Å²) in [5, 5.41) is 8.83. The summed E-state index contributed by atoms with van der Waals surface area (Å²) in [6, 6.07) is 0. The molecule has 0 aromatic carbocycles. The molecule has 0 amide bonds. The van der Waals surface area contributed by atoms with Gasteiger partial charge in [-0.15, -0.1) is 0 Å². The molecule has 0 aliphatic heterocycles. The molecule has 26 valence electrons. The average molecular weight is 62.0 g/mol. The molecule has 0 bridgehead atoms. The highest BCUT2D eigenvalue weighted by molar-refractivity contribution is 4.06. The Bertz CT molecular complexity index is 8.00. The van der Waals surface area contributed by atoms with E-state index in [0.29, 0.717) is 0 Å². The molecule has 0 heterocycles. The van der Waals surface area contributed by atoms with Crippen molar-refractivity contribution in [3.63, 3.8) is 0 Å². The predicted octanol–water partition coefficient (Wildman–Crippen LogP) is -0.365. The standard InChI is InChI=1S/CH4NO2/c1-4-2-3/h2H,1H3/q-1. The lowest BCUT2D eigenvalue weighted by Crippen LogP contribution is -1.96. The Morgan fingerprint density at radius 2 is 2.25 bits per heavy atom. The highest BCUT2D eigenvalue weighted by Gasteiger charge is 1.34. The molecule has 1 N–H and O–H groups in total. The Hall–Kier alpha value is -0.120. The van der Waals surface area contributed by atoms with E-state index in [2.05, 4.69) is 4.84 Å². The quantitative estimate of drug-likeness (QED) is 0.422. The molecule has 0 aromatic rings. The van der Waals surface area contributed by atoms with Crippen LogP contribution in [0.4, 0.5) is 0 Å². The summed E-state index contributed by atoms with van der Waals surface area (Å²) >= 11 is 0. The molecule has 0 aromatic heterocycles. The van der Waals surface area contributed by atoms with E-state index in [9.17, 15) is 0 Å². The first-order chi connectivity index (χ1) is 1.91. The first-order valence-corrected chi connectivity index (χ1v) is 0.816. The number of nitrogens with one attached hydrogen (secondary N) is 1. The lowest BCUT2D eigenvalue weighted by atomic mass is 11.7. The molecule has 0 unspecified atom stereocenters. The average Bonchev–Trinajstić information content (AvgIpc) is 1.37. The minimum absolute atomic E-state index is 1.18. The van der Waals surface area contributed by atoms with Crippen molar-refractivity contribution in [3.05, 3.63) is 5.21 Å². The topological polar surface area (TPSA) is 44.3 Å². The molecule has 0 aliphatic rings. The molecule has 0 fully saturated rings. The van der Waals surface area contributed by atoms with E-state index in [0.717, 1.165) is 0 Å². The largest absolute Gasteiger partial charge is 0.765 e. The summed E-state index contributed by atoms with van der Waals surface area (Å²) in [5.41, 5.74) is 1.18. The van der Waals surface area contributed by atoms with E-state index in [1.165, 1.54) is 12.8 Å². The first kappa shape index (κ1) is 3.88. The van der Waals surface area contributed by atoms with Crippen molar-refractivity contribution in [1.29, 1.82) is 0 Å². The van der Waals surface area contributed by atoms with E-state index >= 15 is 0 Å². The van der Waals surface area contributed by atoms with Gasteiger partial charge in [-0.25, -0.2) is 0 Å². The zero-order chi connectivity index (χ0) is 3.41. The Labute approximate surface area is 24.1 Å². The van der Waals surface area contributed by atoms with Crippen LogP contribution in [0.15, 0.2) is 0 Å². The van der Waals surface area contributed by atoms with Crippen molar-refractivity contribution < 1.29 is 4.84 Å². The molecule has 3 heteroatoms. The van der Waals surface area contributed by atoms with Gasteiger partial charge in [-0.3, -0.25) is 5.64 Å². The second-order valence-corrected chi connectivity index (χ2v) is 0.287. The number of hydrogen-bond donors (Lipinski definition) is 1. The van der Waals surface area contributed by atoms with E-state index < -0.39 is 0 Å². The van der Waals surface area contributed by atoms with Crippen LogP contribution in [-0.4, -0.2) is 7.11 Å². The van der Waals surface area contributed by atoms with Gasteiger partial charge in [0, 0.05) is 0 Å². The van der Waals surface area contributed by atoms with E-state index in [1.807, 2.05) is 0 Å². The van der Waals surface area contributed by atoms with Gasteiger partial charge in [0.1, 0.15) is 0 Å². The van der Waals surface area contributed by atoms with Crippen molar-refractivity contribution >= 4 is 0 Å². The van der Waals surface area contributed by atoms with Crippen LogP contribution in [-0.2, 0) is 4.84 Å². The molecule has 0 aliphatic carbocycles. The third-order valence-electron chi connectivity index (χ3n) is 0.0833. The third-order valence-corrected chi connectivity index (χ3v) is 0.0833. The van der Waals surface area contributed by atoms with Crippen LogP contribution >= 0.6 is 0 Å². The Kier molecular flexibility index (Phi) is 2.79. The van der Waals surface area contributed by atoms with Gasteiger partial charge >= 0.3 is 0 Å². The summed E-state index contributed by atoms with van der Waals surface area (Å²) in [4.78, 5) is 3.74. The summed E-state index contributed by atoms with van der Waals surface area (Å²) in [7, 11) is 1.26. The predicted molar refractivity (Wildman–Crippen MR) is 13.5 cm³/mol. The molecule has 4 heavy (non-hydrogen) atoms. The van der Waals surface area contributed by atoms with Gasteiger partial charge in [-0.2, -0.15) is 0 Å². The number of rotatable bonds is 1. The van der Waals surface area contributed by atoms with Crippen molar-refractivity contribution in [2.75, 3.05) is 7.11 Å². The van der Waals surface area contributed by atoms with Crippen LogP contribution in [0.1, 0.15) is 0 Å². The van der Waals surface area contributed by atoms with Gasteiger partial charge in [0.2, 0.25) is 0 Å². The van der Waals surface area contributed by atoms with Crippen LogP contribution in [0.2, 0.25) is 0 Å². The van der Waals surface area contributed by atoms with E-state index in [4.69, 9.17) is 5.21 Å². The maximum Gasteiger partial charge on any atom is 0.0560 e. The first-order valence-electron chi connectivity index (χ1n) is 0.816. The zero-order valence-corrected chi connectivity index (χ0v) is 2.32. The second kappa shape index (κ2) is 2.88. The highest BCUT2D eigenvalue weighted by atomic mass is 16.8.